The first-order valence-corrected chi connectivity index (χ1v) is 9.05. The van der Waals surface area contributed by atoms with E-state index in [0.29, 0.717) is 11.7 Å². The van der Waals surface area contributed by atoms with Crippen molar-refractivity contribution in [2.45, 2.75) is 32.4 Å². The Kier molecular flexibility index (Phi) is 5.35. The summed E-state index contributed by atoms with van der Waals surface area (Å²) in [5.41, 5.74) is 3.26. The topological polar surface area (TPSA) is 55.7 Å². The molecule has 1 heterocycles. The Bertz CT molecular complexity index is 780. The summed E-state index contributed by atoms with van der Waals surface area (Å²) < 4.78 is 0. The maximum absolute atomic E-state index is 9.73. The van der Waals surface area contributed by atoms with Crippen LogP contribution in [0.25, 0.3) is 0 Å². The molecule has 0 aliphatic carbocycles. The van der Waals surface area contributed by atoms with Crippen molar-refractivity contribution in [2.75, 3.05) is 6.54 Å². The second kappa shape index (κ2) is 7.50. The molecular formula is C19H21ClN2O2S. The van der Waals surface area contributed by atoms with Crippen LogP contribution in [0.5, 0.6) is 11.5 Å². The molecule has 0 fully saturated rings. The fourth-order valence-corrected chi connectivity index (χ4v) is 3.58. The Morgan fingerprint density at radius 1 is 1.20 bits per heavy atom. The van der Waals surface area contributed by atoms with Crippen LogP contribution in [0.2, 0.25) is 5.02 Å². The Labute approximate surface area is 158 Å². The van der Waals surface area contributed by atoms with E-state index in [1.165, 1.54) is 5.56 Å². The maximum atomic E-state index is 9.73. The van der Waals surface area contributed by atoms with Crippen molar-refractivity contribution >= 4 is 28.9 Å². The summed E-state index contributed by atoms with van der Waals surface area (Å²) in [4.78, 5) is 2.12. The van der Waals surface area contributed by atoms with E-state index >= 15 is 0 Å². The predicted molar refractivity (Wildman–Crippen MR) is 104 cm³/mol. The lowest BCUT2D eigenvalue weighted by Gasteiger charge is -2.37. The molecule has 0 aromatic heterocycles. The third-order valence-corrected chi connectivity index (χ3v) is 5.18. The predicted octanol–water partition coefficient (Wildman–Crippen LogP) is 3.62. The number of halogens is 1. The molecule has 0 spiro atoms. The molecule has 25 heavy (non-hydrogen) atoms. The largest absolute Gasteiger partial charge is 0.504 e. The molecule has 3 N–H and O–H groups in total. The molecule has 0 amide bonds. The van der Waals surface area contributed by atoms with Crippen LogP contribution < -0.4 is 5.32 Å². The first-order chi connectivity index (χ1) is 11.9. The molecule has 0 saturated heterocycles. The quantitative estimate of drug-likeness (QED) is 0.564. The number of nitrogens with zero attached hydrogens (tertiary/aromatic N) is 1. The number of rotatable bonds is 3. The van der Waals surface area contributed by atoms with Crippen LogP contribution in [0.15, 0.2) is 36.4 Å². The van der Waals surface area contributed by atoms with Gasteiger partial charge in [-0.2, -0.15) is 0 Å². The van der Waals surface area contributed by atoms with Gasteiger partial charge in [-0.1, -0.05) is 23.7 Å². The van der Waals surface area contributed by atoms with Crippen LogP contribution in [0.4, 0.5) is 0 Å². The lowest BCUT2D eigenvalue weighted by atomic mass is 9.94. The number of aromatic hydroxyl groups is 2. The highest BCUT2D eigenvalue weighted by Crippen LogP contribution is 2.33. The molecule has 1 aliphatic rings. The van der Waals surface area contributed by atoms with Gasteiger partial charge in [0.15, 0.2) is 16.6 Å². The molecule has 0 saturated carbocycles. The zero-order valence-corrected chi connectivity index (χ0v) is 15.6. The maximum Gasteiger partial charge on any atom is 0.169 e. The van der Waals surface area contributed by atoms with E-state index in [9.17, 15) is 10.2 Å². The van der Waals surface area contributed by atoms with Crippen LogP contribution in [0.3, 0.4) is 0 Å². The molecule has 3 rings (SSSR count). The van der Waals surface area contributed by atoms with Gasteiger partial charge in [0.1, 0.15) is 0 Å². The minimum Gasteiger partial charge on any atom is -0.504 e. The molecule has 6 heteroatoms. The third kappa shape index (κ3) is 4.17. The number of phenols is 2. The highest BCUT2D eigenvalue weighted by molar-refractivity contribution is 7.80. The highest BCUT2D eigenvalue weighted by atomic mass is 35.5. The minimum absolute atomic E-state index is 0.0666. The van der Waals surface area contributed by atoms with E-state index < -0.39 is 0 Å². The van der Waals surface area contributed by atoms with E-state index in [-0.39, 0.29) is 17.5 Å². The van der Waals surface area contributed by atoms with Crippen molar-refractivity contribution < 1.29 is 10.2 Å². The van der Waals surface area contributed by atoms with Crippen LogP contribution in [-0.2, 0) is 19.4 Å². The van der Waals surface area contributed by atoms with Crippen molar-refractivity contribution in [2.24, 2.45) is 0 Å². The highest BCUT2D eigenvalue weighted by Gasteiger charge is 2.25. The number of fused-ring (bicyclic) bond motifs is 1. The van der Waals surface area contributed by atoms with Gasteiger partial charge < -0.3 is 20.4 Å². The molecule has 1 unspecified atom stereocenters. The fourth-order valence-electron chi connectivity index (χ4n) is 3.11. The number of nitrogens with one attached hydrogen (secondary N) is 1. The van der Waals surface area contributed by atoms with Crippen molar-refractivity contribution in [3.63, 3.8) is 0 Å². The molecule has 132 valence electrons. The second-order valence-corrected chi connectivity index (χ2v) is 7.22. The van der Waals surface area contributed by atoms with Gasteiger partial charge in [0, 0.05) is 24.2 Å². The minimum atomic E-state index is -0.0881. The van der Waals surface area contributed by atoms with Gasteiger partial charge in [-0.3, -0.25) is 0 Å². The molecular weight excluding hydrogens is 356 g/mol. The zero-order valence-electron chi connectivity index (χ0n) is 14.0. The van der Waals surface area contributed by atoms with Gasteiger partial charge in [-0.05, 0) is 72.9 Å². The summed E-state index contributed by atoms with van der Waals surface area (Å²) >= 11 is 11.5. The second-order valence-electron chi connectivity index (χ2n) is 6.40. The van der Waals surface area contributed by atoms with Gasteiger partial charge in [-0.25, -0.2) is 0 Å². The summed E-state index contributed by atoms with van der Waals surface area (Å²) in [6.07, 6.45) is 1.65. The number of thiocarbonyl (C=S) groups is 1. The van der Waals surface area contributed by atoms with E-state index in [0.717, 1.165) is 35.5 Å². The molecule has 2 aromatic carbocycles. The van der Waals surface area contributed by atoms with Crippen molar-refractivity contribution in [1.82, 2.24) is 10.2 Å². The summed E-state index contributed by atoms with van der Waals surface area (Å²) in [7, 11) is 0. The number of hydrogen-bond acceptors (Lipinski definition) is 3. The molecule has 2 aromatic rings. The van der Waals surface area contributed by atoms with Gasteiger partial charge in [0.05, 0.1) is 0 Å². The standard InChI is InChI=1S/C19H21ClN2O2S/c1-12-8-14-9-17(23)18(24)10-15(14)11-22(12)19(25)21-7-6-13-2-4-16(20)5-3-13/h2-5,9-10,12,23-24H,6-8,11H2,1H3,(H,21,25). The average Bonchev–Trinajstić information content (AvgIpc) is 2.57. The summed E-state index contributed by atoms with van der Waals surface area (Å²) in [5.74, 6) is -0.155. The SMILES string of the molecule is CC1Cc2cc(O)c(O)cc2CN1C(=S)NCCc1ccc(Cl)cc1. The molecule has 1 atom stereocenters. The Morgan fingerprint density at radius 3 is 2.52 bits per heavy atom. The summed E-state index contributed by atoms with van der Waals surface area (Å²) in [6, 6.07) is 11.3. The van der Waals surface area contributed by atoms with Crippen molar-refractivity contribution in [3.8, 4) is 11.5 Å². The fraction of sp³-hybridized carbons (Fsp3) is 0.316. The monoisotopic (exact) mass is 376 g/mol. The van der Waals surface area contributed by atoms with Crippen LogP contribution in [-0.4, -0.2) is 32.8 Å². The van der Waals surface area contributed by atoms with Gasteiger partial charge in [0.25, 0.3) is 0 Å². The van der Waals surface area contributed by atoms with Gasteiger partial charge in [-0.15, -0.1) is 0 Å². The molecule has 1 aliphatic heterocycles. The third-order valence-electron chi connectivity index (χ3n) is 4.55. The number of benzene rings is 2. The van der Waals surface area contributed by atoms with E-state index in [4.69, 9.17) is 23.8 Å². The first kappa shape index (κ1) is 17.8. The summed E-state index contributed by atoms with van der Waals surface area (Å²) in [5, 5.41) is 24.2. The zero-order chi connectivity index (χ0) is 18.0. The van der Waals surface area contributed by atoms with Crippen LogP contribution >= 0.6 is 23.8 Å². The molecule has 0 radical (unpaired) electrons. The lowest BCUT2D eigenvalue weighted by molar-refractivity contribution is 0.294. The summed E-state index contributed by atoms with van der Waals surface area (Å²) in [6.45, 7) is 3.48. The van der Waals surface area contributed by atoms with E-state index in [1.54, 1.807) is 12.1 Å². The Morgan fingerprint density at radius 2 is 1.84 bits per heavy atom. The van der Waals surface area contributed by atoms with Gasteiger partial charge in [0.2, 0.25) is 0 Å². The number of hydrogen-bond donors (Lipinski definition) is 3. The number of phenolic OH excluding ortho intramolecular Hbond substituents is 2. The Hall–Kier alpha value is -1.98. The first-order valence-electron chi connectivity index (χ1n) is 8.26. The van der Waals surface area contributed by atoms with E-state index in [2.05, 4.69) is 17.1 Å². The molecule has 0 bridgehead atoms. The Balaban J connectivity index is 1.60. The van der Waals surface area contributed by atoms with Crippen molar-refractivity contribution in [1.29, 1.82) is 0 Å². The average molecular weight is 377 g/mol. The van der Waals surface area contributed by atoms with Crippen molar-refractivity contribution in [3.05, 3.63) is 58.1 Å². The lowest BCUT2D eigenvalue weighted by Crippen LogP contribution is -2.47. The van der Waals surface area contributed by atoms with E-state index in [1.807, 2.05) is 24.3 Å². The van der Waals surface area contributed by atoms with Crippen LogP contribution in [0.1, 0.15) is 23.6 Å². The molecule has 4 nitrogen and oxygen atoms in total. The smallest absolute Gasteiger partial charge is 0.169 e. The van der Waals surface area contributed by atoms with Crippen LogP contribution in [0, 0.1) is 0 Å². The normalized spacial score (nSPS) is 16.4. The van der Waals surface area contributed by atoms with Gasteiger partial charge >= 0.3 is 0 Å².